The average Bonchev–Trinajstić information content (AvgIpc) is 2.93. The van der Waals surface area contributed by atoms with Crippen LogP contribution in [-0.2, 0) is 0 Å². The molecule has 0 fully saturated rings. The molecule has 3 rings (SSSR count). The Balaban J connectivity index is 1.98. The quantitative estimate of drug-likeness (QED) is 0.655. The lowest BCUT2D eigenvalue weighted by Gasteiger charge is -2.08. The fourth-order valence-electron chi connectivity index (χ4n) is 1.77. The number of aromatic nitrogens is 2. The number of carbonyl (C=O) groups is 1. The van der Waals surface area contributed by atoms with Crippen LogP contribution in [0.3, 0.4) is 0 Å². The third-order valence-electron chi connectivity index (χ3n) is 2.80. The number of halogens is 3. The molecule has 0 radical (unpaired) electrons. The molecule has 0 aliphatic rings. The van der Waals surface area contributed by atoms with E-state index < -0.39 is 0 Å². The van der Waals surface area contributed by atoms with Crippen molar-refractivity contribution in [1.29, 1.82) is 0 Å². The molecule has 21 heavy (non-hydrogen) atoms. The van der Waals surface area contributed by atoms with E-state index in [0.29, 0.717) is 32.3 Å². The second-order valence-electron chi connectivity index (χ2n) is 4.14. The molecule has 2 aromatic carbocycles. The number of fused-ring (bicyclic) bond motifs is 1. The topological polar surface area (TPSA) is 54.9 Å². The van der Waals surface area contributed by atoms with Crippen molar-refractivity contribution < 1.29 is 4.79 Å². The summed E-state index contributed by atoms with van der Waals surface area (Å²) in [4.78, 5) is 12.3. The van der Waals surface area contributed by atoms with Crippen molar-refractivity contribution >= 4 is 73.5 Å². The molecule has 0 spiro atoms. The van der Waals surface area contributed by atoms with Crippen molar-refractivity contribution in [1.82, 2.24) is 8.75 Å². The minimum Gasteiger partial charge on any atom is -0.319 e. The van der Waals surface area contributed by atoms with Crippen LogP contribution in [0, 0.1) is 0 Å². The summed E-state index contributed by atoms with van der Waals surface area (Å²) < 4.78 is 9.00. The number of nitrogens with zero attached hydrogens (tertiary/aromatic N) is 2. The highest BCUT2D eigenvalue weighted by Gasteiger charge is 2.14. The number of hydrogen-bond acceptors (Lipinski definition) is 4. The minimum atomic E-state index is -0.313. The first-order chi connectivity index (χ1) is 10.1. The first-order valence-corrected chi connectivity index (χ1v) is 8.01. The van der Waals surface area contributed by atoms with Gasteiger partial charge in [-0.05, 0) is 46.3 Å². The molecule has 0 bridgehead atoms. The Morgan fingerprint density at radius 2 is 1.95 bits per heavy atom. The fraction of sp³-hybridized carbons (Fsp3) is 0. The van der Waals surface area contributed by atoms with Gasteiger partial charge in [-0.2, -0.15) is 8.75 Å². The minimum absolute atomic E-state index is 0.313. The monoisotopic (exact) mass is 401 g/mol. The Morgan fingerprint density at radius 3 is 2.71 bits per heavy atom. The standard InChI is InChI=1S/C13H6BrCl2N3OS/c14-7-2-1-6(5-9(7)16)13(20)17-11-8(15)3-4-10-12(11)19-21-18-10/h1-5H,(H,17,20). The molecule has 0 atom stereocenters. The molecule has 0 saturated carbocycles. The van der Waals surface area contributed by atoms with Gasteiger partial charge in [0.05, 0.1) is 27.5 Å². The van der Waals surface area contributed by atoms with E-state index in [2.05, 4.69) is 30.0 Å². The summed E-state index contributed by atoms with van der Waals surface area (Å²) in [6.45, 7) is 0. The highest BCUT2D eigenvalue weighted by atomic mass is 79.9. The van der Waals surface area contributed by atoms with Gasteiger partial charge in [-0.25, -0.2) is 0 Å². The molecule has 1 N–H and O–H groups in total. The first kappa shape index (κ1) is 14.7. The number of hydrogen-bond donors (Lipinski definition) is 1. The fourth-order valence-corrected chi connectivity index (χ4v) is 2.94. The van der Waals surface area contributed by atoms with E-state index in [4.69, 9.17) is 23.2 Å². The lowest BCUT2D eigenvalue weighted by Crippen LogP contribution is -2.12. The second kappa shape index (κ2) is 5.88. The lowest BCUT2D eigenvalue weighted by molar-refractivity contribution is 0.102. The zero-order valence-corrected chi connectivity index (χ0v) is 14.1. The van der Waals surface area contributed by atoms with Crippen LogP contribution in [0.2, 0.25) is 10.0 Å². The predicted molar refractivity (Wildman–Crippen MR) is 89.5 cm³/mol. The predicted octanol–water partition coefficient (Wildman–Crippen LogP) is 5.01. The largest absolute Gasteiger partial charge is 0.319 e. The van der Waals surface area contributed by atoms with E-state index in [-0.39, 0.29) is 5.91 Å². The second-order valence-corrected chi connectivity index (χ2v) is 6.33. The maximum absolute atomic E-state index is 12.3. The molecule has 1 amide bonds. The maximum Gasteiger partial charge on any atom is 0.255 e. The summed E-state index contributed by atoms with van der Waals surface area (Å²) in [5.41, 5.74) is 2.14. The maximum atomic E-state index is 12.3. The Kier molecular flexibility index (Phi) is 4.12. The Bertz CT molecular complexity index is 853. The van der Waals surface area contributed by atoms with Crippen molar-refractivity contribution in [2.45, 2.75) is 0 Å². The van der Waals surface area contributed by atoms with Gasteiger partial charge in [0.2, 0.25) is 0 Å². The normalized spacial score (nSPS) is 10.8. The molecule has 0 unspecified atom stereocenters. The van der Waals surface area contributed by atoms with Crippen LogP contribution < -0.4 is 5.32 Å². The number of amides is 1. The van der Waals surface area contributed by atoms with Crippen molar-refractivity contribution in [2.75, 3.05) is 5.32 Å². The van der Waals surface area contributed by atoms with E-state index in [0.717, 1.165) is 16.2 Å². The number of anilines is 1. The summed E-state index contributed by atoms with van der Waals surface area (Å²) in [5, 5.41) is 3.63. The van der Waals surface area contributed by atoms with E-state index in [1.165, 1.54) is 0 Å². The molecular formula is C13H6BrCl2N3OS. The first-order valence-electron chi connectivity index (χ1n) is 5.73. The summed E-state index contributed by atoms with van der Waals surface area (Å²) >= 11 is 16.5. The molecule has 0 aliphatic heterocycles. The van der Waals surface area contributed by atoms with Crippen LogP contribution in [0.1, 0.15) is 10.4 Å². The highest BCUT2D eigenvalue weighted by Crippen LogP contribution is 2.31. The number of nitrogens with one attached hydrogen (secondary N) is 1. The SMILES string of the molecule is O=C(Nc1c(Cl)ccc2nsnc12)c1ccc(Br)c(Cl)c1. The van der Waals surface area contributed by atoms with Gasteiger partial charge in [0.25, 0.3) is 5.91 Å². The van der Waals surface area contributed by atoms with Gasteiger partial charge in [-0.1, -0.05) is 23.2 Å². The molecule has 106 valence electrons. The zero-order valence-electron chi connectivity index (χ0n) is 10.2. The molecule has 0 aliphatic carbocycles. The number of carbonyl (C=O) groups excluding carboxylic acids is 1. The lowest BCUT2D eigenvalue weighted by atomic mass is 10.2. The Morgan fingerprint density at radius 1 is 1.14 bits per heavy atom. The van der Waals surface area contributed by atoms with Crippen LogP contribution in [0.5, 0.6) is 0 Å². The molecule has 1 heterocycles. The highest BCUT2D eigenvalue weighted by molar-refractivity contribution is 9.10. The zero-order chi connectivity index (χ0) is 15.0. The van der Waals surface area contributed by atoms with E-state index in [9.17, 15) is 4.79 Å². The van der Waals surface area contributed by atoms with Crippen molar-refractivity contribution in [3.05, 3.63) is 50.4 Å². The smallest absolute Gasteiger partial charge is 0.255 e. The van der Waals surface area contributed by atoms with Crippen LogP contribution in [0.4, 0.5) is 5.69 Å². The average molecular weight is 403 g/mol. The Hall–Kier alpha value is -1.21. The van der Waals surface area contributed by atoms with Gasteiger partial charge in [0, 0.05) is 10.0 Å². The molecule has 4 nitrogen and oxygen atoms in total. The van der Waals surface area contributed by atoms with Crippen LogP contribution >= 0.6 is 50.9 Å². The summed E-state index contributed by atoms with van der Waals surface area (Å²) in [7, 11) is 0. The summed E-state index contributed by atoms with van der Waals surface area (Å²) in [6.07, 6.45) is 0. The third kappa shape index (κ3) is 2.89. The van der Waals surface area contributed by atoms with Crippen molar-refractivity contribution in [3.8, 4) is 0 Å². The molecule has 3 aromatic rings. The van der Waals surface area contributed by atoms with Crippen molar-refractivity contribution in [3.63, 3.8) is 0 Å². The molecule has 8 heteroatoms. The number of rotatable bonds is 2. The van der Waals surface area contributed by atoms with Gasteiger partial charge in [-0.15, -0.1) is 0 Å². The van der Waals surface area contributed by atoms with E-state index in [1.807, 2.05) is 0 Å². The molecule has 0 saturated heterocycles. The van der Waals surface area contributed by atoms with Gasteiger partial charge in [0.15, 0.2) is 0 Å². The van der Waals surface area contributed by atoms with Gasteiger partial charge in [-0.3, -0.25) is 4.79 Å². The van der Waals surface area contributed by atoms with Gasteiger partial charge in [0.1, 0.15) is 11.0 Å². The third-order valence-corrected chi connectivity index (χ3v) is 4.89. The van der Waals surface area contributed by atoms with E-state index >= 15 is 0 Å². The van der Waals surface area contributed by atoms with Crippen LogP contribution in [0.15, 0.2) is 34.8 Å². The van der Waals surface area contributed by atoms with Crippen LogP contribution in [-0.4, -0.2) is 14.7 Å². The Labute approximate surface area is 142 Å². The molecular weight excluding hydrogens is 397 g/mol. The molecule has 1 aromatic heterocycles. The van der Waals surface area contributed by atoms with Crippen molar-refractivity contribution in [2.24, 2.45) is 0 Å². The van der Waals surface area contributed by atoms with Crippen LogP contribution in [0.25, 0.3) is 11.0 Å². The number of benzene rings is 2. The summed E-state index contributed by atoms with van der Waals surface area (Å²) in [5.74, 6) is -0.313. The van der Waals surface area contributed by atoms with Gasteiger partial charge >= 0.3 is 0 Å². The van der Waals surface area contributed by atoms with Gasteiger partial charge < -0.3 is 5.32 Å². The summed E-state index contributed by atoms with van der Waals surface area (Å²) in [6, 6.07) is 8.39. The van der Waals surface area contributed by atoms with E-state index in [1.54, 1.807) is 30.3 Å².